The van der Waals surface area contributed by atoms with Crippen molar-refractivity contribution >= 4 is 0 Å². The molecule has 142 valence electrons. The second kappa shape index (κ2) is 9.08. The van der Waals surface area contributed by atoms with E-state index in [0.717, 1.165) is 61.3 Å². The third-order valence-electron chi connectivity index (χ3n) is 4.68. The predicted molar refractivity (Wildman–Crippen MR) is 109 cm³/mol. The molecule has 28 heavy (non-hydrogen) atoms. The van der Waals surface area contributed by atoms with Crippen molar-refractivity contribution in [3.8, 4) is 22.5 Å². The maximum atomic E-state index is 4.56. The Kier molecular flexibility index (Phi) is 5.87. The zero-order valence-electron chi connectivity index (χ0n) is 15.9. The fraction of sp³-hybridized carbons (Fsp3) is 0.273. The first-order valence-corrected chi connectivity index (χ1v) is 9.79. The molecule has 0 fully saturated rings. The number of aryl methyl sites for hydroxylation is 2. The van der Waals surface area contributed by atoms with Gasteiger partial charge in [0.05, 0.1) is 25.5 Å². The third kappa shape index (κ3) is 4.71. The van der Waals surface area contributed by atoms with Crippen LogP contribution in [0.15, 0.2) is 73.1 Å². The summed E-state index contributed by atoms with van der Waals surface area (Å²) in [5, 5.41) is 17.9. The Morgan fingerprint density at radius 3 is 1.39 bits per heavy atom. The van der Waals surface area contributed by atoms with Gasteiger partial charge in [0, 0.05) is 11.1 Å². The molecule has 0 saturated heterocycles. The van der Waals surface area contributed by atoms with E-state index in [2.05, 4.69) is 44.7 Å². The maximum Gasteiger partial charge on any atom is 0.113 e. The van der Waals surface area contributed by atoms with Gasteiger partial charge < -0.3 is 0 Å². The molecule has 6 heteroatoms. The van der Waals surface area contributed by atoms with E-state index >= 15 is 0 Å². The summed E-state index contributed by atoms with van der Waals surface area (Å²) in [6, 6.07) is 20.3. The minimum absolute atomic E-state index is 0.852. The second-order valence-corrected chi connectivity index (χ2v) is 6.80. The van der Waals surface area contributed by atoms with Gasteiger partial charge in [0.2, 0.25) is 0 Å². The Balaban J connectivity index is 1.16. The standard InChI is InChI=1S/C22H24N6/c1(9-15-27-23-17-21(25-27)19-11-5-3-6-12-19)2-10-16-28-24-18-22(26-28)20-13-7-4-8-14-20/h3-8,11-14,17-18H,1-2,9-10,15-16H2. The summed E-state index contributed by atoms with van der Waals surface area (Å²) in [4.78, 5) is 3.59. The van der Waals surface area contributed by atoms with Crippen molar-refractivity contribution in [3.63, 3.8) is 0 Å². The lowest BCUT2D eigenvalue weighted by atomic mass is 10.2. The third-order valence-corrected chi connectivity index (χ3v) is 4.68. The minimum atomic E-state index is 0.852. The van der Waals surface area contributed by atoms with E-state index in [-0.39, 0.29) is 0 Å². The van der Waals surface area contributed by atoms with Crippen molar-refractivity contribution < 1.29 is 0 Å². The van der Waals surface area contributed by atoms with Crippen LogP contribution in [-0.2, 0) is 13.1 Å². The van der Waals surface area contributed by atoms with Crippen LogP contribution in [0.1, 0.15) is 25.7 Å². The van der Waals surface area contributed by atoms with Gasteiger partial charge in [-0.2, -0.15) is 30.0 Å². The van der Waals surface area contributed by atoms with Crippen molar-refractivity contribution in [1.29, 1.82) is 0 Å². The van der Waals surface area contributed by atoms with E-state index in [0.29, 0.717) is 0 Å². The van der Waals surface area contributed by atoms with Crippen molar-refractivity contribution in [2.24, 2.45) is 0 Å². The molecule has 0 unspecified atom stereocenters. The number of unbranched alkanes of at least 4 members (excludes halogenated alkanes) is 3. The van der Waals surface area contributed by atoms with E-state index in [1.54, 1.807) is 9.59 Å². The molecule has 6 nitrogen and oxygen atoms in total. The molecular formula is C22H24N6. The second-order valence-electron chi connectivity index (χ2n) is 6.80. The molecule has 2 aromatic heterocycles. The summed E-state index contributed by atoms with van der Waals surface area (Å²) < 4.78 is 0. The first-order valence-electron chi connectivity index (χ1n) is 9.79. The summed E-state index contributed by atoms with van der Waals surface area (Å²) >= 11 is 0. The van der Waals surface area contributed by atoms with Crippen LogP contribution >= 0.6 is 0 Å². The highest BCUT2D eigenvalue weighted by molar-refractivity contribution is 5.57. The van der Waals surface area contributed by atoms with Crippen LogP contribution in [0.3, 0.4) is 0 Å². The Morgan fingerprint density at radius 2 is 0.964 bits per heavy atom. The van der Waals surface area contributed by atoms with Crippen LogP contribution in [0, 0.1) is 0 Å². The van der Waals surface area contributed by atoms with Gasteiger partial charge in [-0.15, -0.1) is 0 Å². The van der Waals surface area contributed by atoms with Gasteiger partial charge in [0.25, 0.3) is 0 Å². The lowest BCUT2D eigenvalue weighted by Crippen LogP contribution is -2.04. The van der Waals surface area contributed by atoms with Crippen LogP contribution in [0.2, 0.25) is 0 Å². The van der Waals surface area contributed by atoms with Crippen LogP contribution in [0.25, 0.3) is 22.5 Å². The lowest BCUT2D eigenvalue weighted by molar-refractivity contribution is 0.457. The first kappa shape index (κ1) is 18.1. The SMILES string of the molecule is c1ccc(-c2cnn(CCCCCCn3ncc(-c4ccccc4)n3)n2)cc1. The summed E-state index contributed by atoms with van der Waals surface area (Å²) in [6.07, 6.45) is 8.12. The summed E-state index contributed by atoms with van der Waals surface area (Å²) in [6.45, 7) is 1.70. The van der Waals surface area contributed by atoms with Gasteiger partial charge in [0.1, 0.15) is 11.4 Å². The van der Waals surface area contributed by atoms with E-state index in [9.17, 15) is 0 Å². The van der Waals surface area contributed by atoms with E-state index in [1.165, 1.54) is 0 Å². The normalized spacial score (nSPS) is 11.0. The van der Waals surface area contributed by atoms with E-state index in [1.807, 2.05) is 48.8 Å². The fourth-order valence-corrected chi connectivity index (χ4v) is 3.15. The van der Waals surface area contributed by atoms with Gasteiger partial charge in [-0.05, 0) is 12.8 Å². The van der Waals surface area contributed by atoms with Gasteiger partial charge in [-0.3, -0.25) is 0 Å². The molecule has 0 N–H and O–H groups in total. The molecule has 0 bridgehead atoms. The molecule has 0 radical (unpaired) electrons. The van der Waals surface area contributed by atoms with E-state index < -0.39 is 0 Å². The van der Waals surface area contributed by atoms with Crippen LogP contribution < -0.4 is 0 Å². The molecule has 0 aliphatic rings. The van der Waals surface area contributed by atoms with Gasteiger partial charge in [0.15, 0.2) is 0 Å². The molecule has 0 amide bonds. The van der Waals surface area contributed by atoms with Gasteiger partial charge in [-0.1, -0.05) is 73.5 Å². The highest BCUT2D eigenvalue weighted by Crippen LogP contribution is 2.16. The largest absolute Gasteiger partial charge is 0.184 e. The Bertz CT molecular complexity index is 893. The van der Waals surface area contributed by atoms with Gasteiger partial charge in [-0.25, -0.2) is 0 Å². The molecule has 0 saturated carbocycles. The number of rotatable bonds is 9. The molecule has 0 aliphatic carbocycles. The van der Waals surface area contributed by atoms with E-state index in [4.69, 9.17) is 0 Å². The highest BCUT2D eigenvalue weighted by atomic mass is 15.5. The molecule has 0 spiro atoms. The van der Waals surface area contributed by atoms with Crippen molar-refractivity contribution in [1.82, 2.24) is 30.0 Å². The number of nitrogens with zero attached hydrogens (tertiary/aromatic N) is 6. The van der Waals surface area contributed by atoms with Crippen molar-refractivity contribution in [2.45, 2.75) is 38.8 Å². The molecule has 2 heterocycles. The predicted octanol–water partition coefficient (Wildman–Crippen LogP) is 4.46. The molecule has 0 aliphatic heterocycles. The zero-order valence-corrected chi connectivity index (χ0v) is 15.9. The summed E-state index contributed by atoms with van der Waals surface area (Å²) in [7, 11) is 0. The van der Waals surface area contributed by atoms with Crippen LogP contribution in [-0.4, -0.2) is 30.0 Å². The topological polar surface area (TPSA) is 61.4 Å². The first-order chi connectivity index (χ1) is 13.9. The van der Waals surface area contributed by atoms with Crippen LogP contribution in [0.5, 0.6) is 0 Å². The smallest absolute Gasteiger partial charge is 0.113 e. The molecular weight excluding hydrogens is 348 g/mol. The van der Waals surface area contributed by atoms with Crippen molar-refractivity contribution in [2.75, 3.05) is 0 Å². The average Bonchev–Trinajstić information content (AvgIpc) is 3.42. The molecule has 0 atom stereocenters. The minimum Gasteiger partial charge on any atom is -0.184 e. The molecule has 4 aromatic rings. The highest BCUT2D eigenvalue weighted by Gasteiger charge is 2.04. The summed E-state index contributed by atoms with van der Waals surface area (Å²) in [5.74, 6) is 0. The van der Waals surface area contributed by atoms with Crippen molar-refractivity contribution in [3.05, 3.63) is 73.1 Å². The number of aromatic nitrogens is 6. The number of hydrogen-bond acceptors (Lipinski definition) is 4. The molecule has 4 rings (SSSR count). The lowest BCUT2D eigenvalue weighted by Gasteiger charge is -2.02. The van der Waals surface area contributed by atoms with Crippen LogP contribution in [0.4, 0.5) is 0 Å². The zero-order chi connectivity index (χ0) is 19.0. The average molecular weight is 372 g/mol. The monoisotopic (exact) mass is 372 g/mol. The van der Waals surface area contributed by atoms with Gasteiger partial charge >= 0.3 is 0 Å². The quantitative estimate of drug-likeness (QED) is 0.407. The Morgan fingerprint density at radius 1 is 0.536 bits per heavy atom. The maximum absolute atomic E-state index is 4.56. The number of benzene rings is 2. The molecule has 2 aromatic carbocycles. The Labute approximate surface area is 164 Å². The number of hydrogen-bond donors (Lipinski definition) is 0. The summed E-state index contributed by atoms with van der Waals surface area (Å²) in [5.41, 5.74) is 4.07. The Hall–Kier alpha value is -3.28. The fourth-order valence-electron chi connectivity index (χ4n) is 3.15.